The standard InChI is InChI=1S/C49H90O15/c1-3-5-7-9-11-13-15-17-18-20-22-24-26-28-30-32-41(52)62-37(34-59-40(51)31-29-27-25-23-21-19-16-14-12-10-8-6-4-2)35-60-48-47(58)45(56)43(54)39(64-48)36-61-49-46(57)44(55)42(53)38(33-50)63-49/h26,28,37-39,42-50,53-58H,3-25,27,29-36H2,1-2H3/b28-26+/t37-,38-,39-,42+,43+,44?,45?,46?,47?,48-,49-/m1/s1. The van der Waals surface area contributed by atoms with Gasteiger partial charge in [-0.3, -0.25) is 9.59 Å². The predicted molar refractivity (Wildman–Crippen MR) is 243 cm³/mol. The third kappa shape index (κ3) is 25.4. The summed E-state index contributed by atoms with van der Waals surface area (Å²) in [5, 5.41) is 72.0. The van der Waals surface area contributed by atoms with E-state index in [1.807, 2.05) is 6.08 Å². The van der Waals surface area contributed by atoms with Gasteiger partial charge in [-0.15, -0.1) is 0 Å². The molecular weight excluding hydrogens is 829 g/mol. The summed E-state index contributed by atoms with van der Waals surface area (Å²) in [5.41, 5.74) is 0. The first-order valence-corrected chi connectivity index (χ1v) is 25.3. The van der Waals surface area contributed by atoms with Crippen LogP contribution in [0.5, 0.6) is 0 Å². The van der Waals surface area contributed by atoms with Crippen LogP contribution in [-0.2, 0) is 38.0 Å². The highest BCUT2D eigenvalue weighted by Gasteiger charge is 2.47. The van der Waals surface area contributed by atoms with Gasteiger partial charge < -0.3 is 64.2 Å². The summed E-state index contributed by atoms with van der Waals surface area (Å²) in [6, 6.07) is 0. The van der Waals surface area contributed by atoms with Crippen LogP contribution in [0.2, 0.25) is 0 Å². The van der Waals surface area contributed by atoms with Gasteiger partial charge in [0.15, 0.2) is 18.7 Å². The summed E-state index contributed by atoms with van der Waals surface area (Å²) in [5.74, 6) is -0.973. The molecule has 7 N–H and O–H groups in total. The molecular formula is C49H90O15. The fraction of sp³-hybridized carbons (Fsp3) is 0.918. The number of allylic oxidation sites excluding steroid dienone is 2. The van der Waals surface area contributed by atoms with E-state index in [-0.39, 0.29) is 19.4 Å². The number of esters is 2. The van der Waals surface area contributed by atoms with Crippen molar-refractivity contribution >= 4 is 11.9 Å². The monoisotopic (exact) mass is 919 g/mol. The Bertz CT molecular complexity index is 1170. The van der Waals surface area contributed by atoms with Gasteiger partial charge in [-0.25, -0.2) is 0 Å². The van der Waals surface area contributed by atoms with Crippen molar-refractivity contribution in [3.8, 4) is 0 Å². The minimum Gasteiger partial charge on any atom is -0.462 e. The van der Waals surface area contributed by atoms with Crippen molar-refractivity contribution in [3.63, 3.8) is 0 Å². The largest absolute Gasteiger partial charge is 0.462 e. The molecule has 0 spiro atoms. The van der Waals surface area contributed by atoms with Crippen LogP contribution in [0.1, 0.15) is 194 Å². The molecule has 2 aliphatic rings. The molecule has 15 heteroatoms. The Balaban J connectivity index is 1.83. The van der Waals surface area contributed by atoms with Gasteiger partial charge in [-0.2, -0.15) is 0 Å². The van der Waals surface area contributed by atoms with E-state index in [0.29, 0.717) is 12.8 Å². The first kappa shape index (κ1) is 58.4. The Morgan fingerprint density at radius 3 is 1.44 bits per heavy atom. The first-order valence-electron chi connectivity index (χ1n) is 25.3. The highest BCUT2D eigenvalue weighted by Crippen LogP contribution is 2.26. The zero-order valence-corrected chi connectivity index (χ0v) is 39.5. The van der Waals surface area contributed by atoms with Crippen LogP contribution in [0, 0.1) is 0 Å². The summed E-state index contributed by atoms with van der Waals surface area (Å²) in [6.07, 6.45) is 18.3. The number of rotatable bonds is 39. The van der Waals surface area contributed by atoms with Crippen molar-refractivity contribution < 1.29 is 73.8 Å². The second-order valence-electron chi connectivity index (χ2n) is 18.0. The molecule has 2 fully saturated rings. The maximum Gasteiger partial charge on any atom is 0.306 e. The molecule has 0 bridgehead atoms. The molecule has 0 amide bonds. The Morgan fingerprint density at radius 2 is 0.922 bits per heavy atom. The average molecular weight is 919 g/mol. The summed E-state index contributed by atoms with van der Waals surface area (Å²) >= 11 is 0. The van der Waals surface area contributed by atoms with Gasteiger partial charge >= 0.3 is 11.9 Å². The number of hydrogen-bond acceptors (Lipinski definition) is 15. The number of hydrogen-bond donors (Lipinski definition) is 7. The molecule has 2 heterocycles. The molecule has 4 unspecified atom stereocenters. The van der Waals surface area contributed by atoms with Crippen LogP contribution in [0.4, 0.5) is 0 Å². The fourth-order valence-electron chi connectivity index (χ4n) is 8.06. The molecule has 0 aromatic rings. The molecule has 0 aromatic carbocycles. The predicted octanol–water partition coefficient (Wildman–Crippen LogP) is 6.60. The fourth-order valence-corrected chi connectivity index (χ4v) is 8.06. The molecule has 64 heavy (non-hydrogen) atoms. The van der Waals surface area contributed by atoms with Crippen molar-refractivity contribution in [1.29, 1.82) is 0 Å². The number of carbonyl (C=O) groups is 2. The average Bonchev–Trinajstić information content (AvgIpc) is 3.29. The van der Waals surface area contributed by atoms with Crippen molar-refractivity contribution in [1.82, 2.24) is 0 Å². The number of aliphatic hydroxyl groups is 7. The summed E-state index contributed by atoms with van der Waals surface area (Å²) in [6.45, 7) is 2.56. The van der Waals surface area contributed by atoms with Crippen LogP contribution in [0.15, 0.2) is 12.2 Å². The lowest BCUT2D eigenvalue weighted by atomic mass is 9.98. The van der Waals surface area contributed by atoms with Crippen LogP contribution in [-0.4, -0.2) is 142 Å². The van der Waals surface area contributed by atoms with Gasteiger partial charge in [-0.1, -0.05) is 167 Å². The third-order valence-electron chi connectivity index (χ3n) is 12.3. The van der Waals surface area contributed by atoms with Gasteiger partial charge in [-0.05, 0) is 25.7 Å². The lowest BCUT2D eigenvalue weighted by Crippen LogP contribution is -2.61. The van der Waals surface area contributed by atoms with Gasteiger partial charge in [0, 0.05) is 12.8 Å². The van der Waals surface area contributed by atoms with Crippen molar-refractivity contribution in [2.24, 2.45) is 0 Å². The lowest BCUT2D eigenvalue weighted by molar-refractivity contribution is -0.332. The van der Waals surface area contributed by atoms with Crippen molar-refractivity contribution in [2.45, 2.75) is 261 Å². The van der Waals surface area contributed by atoms with Gasteiger partial charge in [0.1, 0.15) is 55.4 Å². The van der Waals surface area contributed by atoms with E-state index >= 15 is 0 Å². The molecule has 0 saturated carbocycles. The zero-order chi connectivity index (χ0) is 46.8. The zero-order valence-electron chi connectivity index (χ0n) is 39.5. The van der Waals surface area contributed by atoms with E-state index in [4.69, 9.17) is 28.4 Å². The highest BCUT2D eigenvalue weighted by atomic mass is 16.7. The maximum atomic E-state index is 12.9. The van der Waals surface area contributed by atoms with Crippen molar-refractivity contribution in [3.05, 3.63) is 12.2 Å². The van der Waals surface area contributed by atoms with Crippen LogP contribution < -0.4 is 0 Å². The van der Waals surface area contributed by atoms with Gasteiger partial charge in [0.25, 0.3) is 0 Å². The molecule has 2 saturated heterocycles. The van der Waals surface area contributed by atoms with Gasteiger partial charge in [0.05, 0.1) is 19.8 Å². The second kappa shape index (κ2) is 37.2. The van der Waals surface area contributed by atoms with E-state index in [9.17, 15) is 45.3 Å². The molecule has 15 nitrogen and oxygen atoms in total. The van der Waals surface area contributed by atoms with Crippen LogP contribution in [0.25, 0.3) is 0 Å². The molecule has 0 aliphatic carbocycles. The normalized spacial score (nSPS) is 26.6. The number of carbonyl (C=O) groups excluding carboxylic acids is 2. The molecule has 2 aliphatic heterocycles. The summed E-state index contributed by atoms with van der Waals surface area (Å²) < 4.78 is 33.5. The quantitative estimate of drug-likeness (QED) is 0.0196. The lowest BCUT2D eigenvalue weighted by Gasteiger charge is -2.42. The van der Waals surface area contributed by atoms with Crippen molar-refractivity contribution in [2.75, 3.05) is 26.4 Å². The topological polar surface area (TPSA) is 231 Å². The minimum absolute atomic E-state index is 0.0863. The van der Waals surface area contributed by atoms with E-state index in [1.165, 1.54) is 122 Å². The first-order chi connectivity index (χ1) is 31.0. The molecule has 0 aromatic heterocycles. The Kier molecular flexibility index (Phi) is 34.0. The van der Waals surface area contributed by atoms with E-state index < -0.39 is 99.3 Å². The number of ether oxygens (including phenoxy) is 6. The summed E-state index contributed by atoms with van der Waals surface area (Å²) in [7, 11) is 0. The molecule has 0 radical (unpaired) electrons. The van der Waals surface area contributed by atoms with Gasteiger partial charge in [0.2, 0.25) is 0 Å². The molecule has 376 valence electrons. The molecule has 2 rings (SSSR count). The second-order valence-corrected chi connectivity index (χ2v) is 18.0. The smallest absolute Gasteiger partial charge is 0.306 e. The van der Waals surface area contributed by atoms with Crippen LogP contribution in [0.3, 0.4) is 0 Å². The Morgan fingerprint density at radius 1 is 0.484 bits per heavy atom. The Labute approximate surface area is 384 Å². The number of unbranched alkanes of at least 4 members (excludes halogenated alkanes) is 23. The minimum atomic E-state index is -1.77. The van der Waals surface area contributed by atoms with E-state index in [0.717, 1.165) is 32.1 Å². The third-order valence-corrected chi connectivity index (χ3v) is 12.3. The van der Waals surface area contributed by atoms with E-state index in [2.05, 4.69) is 19.9 Å². The number of aliphatic hydroxyl groups excluding tert-OH is 7. The SMILES string of the molecule is CCCCCCCCCCCCC/C=C/CCC(=O)O[C@H](COC(=O)CCCCCCCCCCCCCCC)CO[C@@H]1O[C@H](CO[C@@H]2O[C@H](CO)[C@H](O)C(O)C2O)[C@H](O)C(O)C1O. The van der Waals surface area contributed by atoms with Crippen LogP contribution >= 0.6 is 0 Å². The molecule has 11 atom stereocenters. The Hall–Kier alpha value is -1.76. The highest BCUT2D eigenvalue weighted by molar-refractivity contribution is 5.70. The maximum absolute atomic E-state index is 12.9. The summed E-state index contributed by atoms with van der Waals surface area (Å²) in [4.78, 5) is 25.7. The van der Waals surface area contributed by atoms with E-state index in [1.54, 1.807) is 0 Å².